The number of carbonyl (C=O) groups excluding carboxylic acids is 2. The van der Waals surface area contributed by atoms with Crippen LogP contribution in [0.15, 0.2) is 35.7 Å². The van der Waals surface area contributed by atoms with Crippen molar-refractivity contribution in [1.82, 2.24) is 24.6 Å². The first-order chi connectivity index (χ1) is 14.6. The van der Waals surface area contributed by atoms with E-state index < -0.39 is 0 Å². The Morgan fingerprint density at radius 2 is 2.03 bits per heavy atom. The minimum atomic E-state index is -0.138. The van der Waals surface area contributed by atoms with Crippen molar-refractivity contribution < 1.29 is 9.59 Å². The van der Waals surface area contributed by atoms with Gasteiger partial charge >= 0.3 is 0 Å². The van der Waals surface area contributed by atoms with Gasteiger partial charge in [0.2, 0.25) is 5.91 Å². The second kappa shape index (κ2) is 9.61. The molecule has 1 aromatic heterocycles. The summed E-state index contributed by atoms with van der Waals surface area (Å²) in [6.07, 6.45) is 6.25. The van der Waals surface area contributed by atoms with E-state index in [0.717, 1.165) is 39.0 Å². The molecule has 1 aromatic carbocycles. The van der Waals surface area contributed by atoms with Crippen LogP contribution in [-0.4, -0.2) is 74.4 Å². The number of nitrogens with one attached hydrogen (secondary N) is 1. The molecule has 1 atom stereocenters. The van der Waals surface area contributed by atoms with Crippen LogP contribution in [0.3, 0.4) is 0 Å². The Morgan fingerprint density at radius 1 is 1.20 bits per heavy atom. The van der Waals surface area contributed by atoms with Gasteiger partial charge in [-0.1, -0.05) is 17.8 Å². The summed E-state index contributed by atoms with van der Waals surface area (Å²) in [6, 6.07) is 7.53. The van der Waals surface area contributed by atoms with Crippen molar-refractivity contribution in [3.05, 3.63) is 36.2 Å². The lowest BCUT2D eigenvalue weighted by molar-refractivity contribution is -0.113. The van der Waals surface area contributed by atoms with Crippen molar-refractivity contribution >= 4 is 29.3 Å². The number of carbonyl (C=O) groups is 2. The minimum absolute atomic E-state index is 0.0567. The van der Waals surface area contributed by atoms with Crippen molar-refractivity contribution in [1.29, 1.82) is 0 Å². The predicted molar refractivity (Wildman–Crippen MR) is 117 cm³/mol. The maximum absolute atomic E-state index is 13.2. The molecule has 2 aliphatic rings. The van der Waals surface area contributed by atoms with Crippen molar-refractivity contribution in [3.63, 3.8) is 0 Å². The van der Waals surface area contributed by atoms with Crippen molar-refractivity contribution in [2.75, 3.05) is 37.2 Å². The standard InChI is InChI=1S/C21H28N6O2S/c1-25-15-22-24-21(25)30-14-19(28)23-17-7-4-6-16(12-17)20(29)27-11-5-8-18(27)13-26-9-2-3-10-26/h4,6-7,12,15,18H,2-3,5,8-11,13-14H2,1H3,(H,23,28). The number of benzene rings is 1. The van der Waals surface area contributed by atoms with Crippen LogP contribution in [0.2, 0.25) is 0 Å². The molecular weight excluding hydrogens is 400 g/mol. The normalized spacial score (nSPS) is 19.4. The Labute approximate surface area is 181 Å². The number of hydrogen-bond donors (Lipinski definition) is 1. The van der Waals surface area contributed by atoms with E-state index in [-0.39, 0.29) is 23.6 Å². The lowest BCUT2D eigenvalue weighted by Crippen LogP contribution is -2.42. The first-order valence-electron chi connectivity index (χ1n) is 10.5. The number of aromatic nitrogens is 3. The first kappa shape index (κ1) is 20.9. The Bertz CT molecular complexity index is 895. The number of rotatable bonds is 7. The van der Waals surface area contributed by atoms with E-state index in [1.807, 2.05) is 30.1 Å². The summed E-state index contributed by atoms with van der Waals surface area (Å²) in [5, 5.41) is 11.3. The summed E-state index contributed by atoms with van der Waals surface area (Å²) in [7, 11) is 1.84. The van der Waals surface area contributed by atoms with Crippen LogP contribution in [0, 0.1) is 0 Å². The fraction of sp³-hybridized carbons (Fsp3) is 0.524. The molecule has 2 fully saturated rings. The third kappa shape index (κ3) is 5.02. The fourth-order valence-corrected chi connectivity index (χ4v) is 4.87. The predicted octanol–water partition coefficient (Wildman–Crippen LogP) is 2.25. The van der Waals surface area contributed by atoms with Gasteiger partial charge < -0.3 is 19.7 Å². The van der Waals surface area contributed by atoms with E-state index in [0.29, 0.717) is 16.4 Å². The largest absolute Gasteiger partial charge is 0.334 e. The number of thioether (sulfide) groups is 1. The average molecular weight is 429 g/mol. The zero-order valence-corrected chi connectivity index (χ0v) is 18.1. The Kier molecular flexibility index (Phi) is 6.69. The summed E-state index contributed by atoms with van der Waals surface area (Å²) >= 11 is 1.32. The maximum atomic E-state index is 13.2. The van der Waals surface area contributed by atoms with Crippen LogP contribution < -0.4 is 5.32 Å². The Morgan fingerprint density at radius 3 is 2.80 bits per heavy atom. The van der Waals surface area contributed by atoms with Gasteiger partial charge in [0.1, 0.15) is 6.33 Å². The molecule has 3 heterocycles. The number of aryl methyl sites for hydroxylation is 1. The number of nitrogens with zero attached hydrogens (tertiary/aromatic N) is 5. The molecule has 0 saturated carbocycles. The molecule has 1 unspecified atom stereocenters. The van der Waals surface area contributed by atoms with E-state index in [9.17, 15) is 9.59 Å². The summed E-state index contributed by atoms with van der Waals surface area (Å²) in [5.41, 5.74) is 1.27. The van der Waals surface area contributed by atoms with Crippen molar-refractivity contribution in [2.45, 2.75) is 36.9 Å². The van der Waals surface area contributed by atoms with E-state index in [1.165, 1.54) is 24.6 Å². The van der Waals surface area contributed by atoms with Crippen LogP contribution >= 0.6 is 11.8 Å². The van der Waals surface area contributed by atoms with Gasteiger partial charge in [-0.3, -0.25) is 9.59 Å². The highest BCUT2D eigenvalue weighted by Crippen LogP contribution is 2.24. The highest BCUT2D eigenvalue weighted by molar-refractivity contribution is 7.99. The van der Waals surface area contributed by atoms with E-state index in [2.05, 4.69) is 20.4 Å². The third-order valence-electron chi connectivity index (χ3n) is 5.70. The van der Waals surface area contributed by atoms with Crippen LogP contribution in [0.4, 0.5) is 5.69 Å². The second-order valence-corrected chi connectivity index (χ2v) is 8.89. The zero-order chi connectivity index (χ0) is 20.9. The smallest absolute Gasteiger partial charge is 0.254 e. The maximum Gasteiger partial charge on any atom is 0.254 e. The molecule has 2 amide bonds. The molecule has 4 rings (SSSR count). The molecule has 9 heteroatoms. The highest BCUT2D eigenvalue weighted by Gasteiger charge is 2.31. The van der Waals surface area contributed by atoms with Gasteiger partial charge in [0.15, 0.2) is 5.16 Å². The molecule has 0 aliphatic carbocycles. The number of amides is 2. The Hall–Kier alpha value is -2.39. The van der Waals surface area contributed by atoms with Crippen LogP contribution in [0.5, 0.6) is 0 Å². The SMILES string of the molecule is Cn1cnnc1SCC(=O)Nc1cccc(C(=O)N2CCCC2CN2CCCC2)c1. The molecular formula is C21H28N6O2S. The van der Waals surface area contributed by atoms with Gasteiger partial charge in [-0.05, 0) is 57.0 Å². The zero-order valence-electron chi connectivity index (χ0n) is 17.3. The van der Waals surface area contributed by atoms with Gasteiger partial charge in [-0.15, -0.1) is 10.2 Å². The van der Waals surface area contributed by atoms with Gasteiger partial charge in [0.05, 0.1) is 5.75 Å². The third-order valence-corrected chi connectivity index (χ3v) is 6.74. The molecule has 1 N–H and O–H groups in total. The highest BCUT2D eigenvalue weighted by atomic mass is 32.2. The fourth-order valence-electron chi connectivity index (χ4n) is 4.18. The van der Waals surface area contributed by atoms with Gasteiger partial charge in [0, 0.05) is 37.4 Å². The molecule has 160 valence electrons. The van der Waals surface area contributed by atoms with Crippen molar-refractivity contribution in [3.8, 4) is 0 Å². The summed E-state index contributed by atoms with van der Waals surface area (Å²) < 4.78 is 1.77. The van der Waals surface area contributed by atoms with Crippen LogP contribution in [-0.2, 0) is 11.8 Å². The van der Waals surface area contributed by atoms with Crippen LogP contribution in [0.25, 0.3) is 0 Å². The first-order valence-corrected chi connectivity index (χ1v) is 11.5. The van der Waals surface area contributed by atoms with Crippen LogP contribution in [0.1, 0.15) is 36.0 Å². The van der Waals surface area contributed by atoms with E-state index in [1.54, 1.807) is 17.0 Å². The topological polar surface area (TPSA) is 83.4 Å². The summed E-state index contributed by atoms with van der Waals surface area (Å²) in [6.45, 7) is 4.07. The molecule has 0 bridgehead atoms. The Balaban J connectivity index is 1.35. The molecule has 2 aromatic rings. The lowest BCUT2D eigenvalue weighted by Gasteiger charge is -2.28. The molecule has 8 nitrogen and oxygen atoms in total. The molecule has 30 heavy (non-hydrogen) atoms. The van der Waals surface area contributed by atoms with Gasteiger partial charge in [-0.2, -0.15) is 0 Å². The molecule has 0 spiro atoms. The van der Waals surface area contributed by atoms with Gasteiger partial charge in [-0.25, -0.2) is 0 Å². The van der Waals surface area contributed by atoms with E-state index >= 15 is 0 Å². The number of anilines is 1. The molecule has 0 radical (unpaired) electrons. The minimum Gasteiger partial charge on any atom is -0.334 e. The quantitative estimate of drug-likeness (QED) is 0.681. The second-order valence-electron chi connectivity index (χ2n) is 7.94. The van der Waals surface area contributed by atoms with Gasteiger partial charge in [0.25, 0.3) is 5.91 Å². The van der Waals surface area contributed by atoms with Crippen molar-refractivity contribution in [2.24, 2.45) is 7.05 Å². The summed E-state index contributed by atoms with van der Waals surface area (Å²) in [4.78, 5) is 30.0. The number of likely N-dealkylation sites (tertiary alicyclic amines) is 2. The summed E-state index contributed by atoms with van der Waals surface area (Å²) in [5.74, 6) is 0.149. The van der Waals surface area contributed by atoms with E-state index in [4.69, 9.17) is 0 Å². The monoisotopic (exact) mass is 428 g/mol. The molecule has 2 aliphatic heterocycles. The lowest BCUT2D eigenvalue weighted by atomic mass is 10.1. The number of hydrogen-bond acceptors (Lipinski definition) is 6. The molecule has 2 saturated heterocycles. The average Bonchev–Trinajstić information content (AvgIpc) is 3.49.